The number of hydrogen-bond acceptors (Lipinski definition) is 3. The Balaban J connectivity index is 3.95. The lowest BCUT2D eigenvalue weighted by Crippen LogP contribution is -2.23. The van der Waals surface area contributed by atoms with E-state index in [1.54, 1.807) is 0 Å². The molecule has 0 aliphatic carbocycles. The monoisotopic (exact) mass is 207 g/mol. The second-order valence-corrected chi connectivity index (χ2v) is 6.37. The first-order chi connectivity index (χ1) is 5.87. The summed E-state index contributed by atoms with van der Waals surface area (Å²) in [4.78, 5) is 0. The molecule has 0 rings (SSSR count). The molecule has 0 spiro atoms. The highest BCUT2D eigenvalue weighted by molar-refractivity contribution is 7.91. The van der Waals surface area contributed by atoms with Crippen molar-refractivity contribution in [3.63, 3.8) is 0 Å². The minimum atomic E-state index is -2.87. The van der Waals surface area contributed by atoms with Gasteiger partial charge in [-0.05, 0) is 24.8 Å². The average Bonchev–Trinajstić information content (AvgIpc) is 2.00. The van der Waals surface area contributed by atoms with Crippen LogP contribution in [-0.4, -0.2) is 26.5 Å². The Morgan fingerprint density at radius 2 is 1.77 bits per heavy atom. The Morgan fingerprint density at radius 3 is 2.15 bits per heavy atom. The predicted molar refractivity (Wildman–Crippen MR) is 56.3 cm³/mol. The molecule has 1 atom stereocenters. The fraction of sp³-hybridized carbons (Fsp3) is 1.00. The van der Waals surface area contributed by atoms with Gasteiger partial charge in [0.15, 0.2) is 9.84 Å². The summed E-state index contributed by atoms with van der Waals surface area (Å²) in [5.41, 5.74) is 5.37. The van der Waals surface area contributed by atoms with Gasteiger partial charge in [0.25, 0.3) is 0 Å². The van der Waals surface area contributed by atoms with E-state index in [-0.39, 0.29) is 11.7 Å². The average molecular weight is 207 g/mol. The summed E-state index contributed by atoms with van der Waals surface area (Å²) in [6, 6.07) is 0. The maximum atomic E-state index is 11.4. The second-order valence-electron chi connectivity index (χ2n) is 4.14. The van der Waals surface area contributed by atoms with Crippen LogP contribution in [0, 0.1) is 11.8 Å². The lowest BCUT2D eigenvalue weighted by Gasteiger charge is -2.10. The van der Waals surface area contributed by atoms with E-state index in [1.807, 2.05) is 20.8 Å². The number of nitrogens with two attached hydrogens (primary N) is 1. The Morgan fingerprint density at radius 1 is 1.23 bits per heavy atom. The van der Waals surface area contributed by atoms with E-state index in [4.69, 9.17) is 5.73 Å². The molecular weight excluding hydrogens is 186 g/mol. The standard InChI is InChI=1S/C9H21NO2S/c1-8(2)4-5-13(11,12)7-9(3)6-10/h8-9H,4-7,10H2,1-3H3. The van der Waals surface area contributed by atoms with Crippen LogP contribution in [0.15, 0.2) is 0 Å². The van der Waals surface area contributed by atoms with Crippen molar-refractivity contribution < 1.29 is 8.42 Å². The van der Waals surface area contributed by atoms with E-state index in [0.717, 1.165) is 6.42 Å². The molecule has 2 N–H and O–H groups in total. The van der Waals surface area contributed by atoms with Crippen LogP contribution in [0.25, 0.3) is 0 Å². The third-order valence-electron chi connectivity index (χ3n) is 1.95. The van der Waals surface area contributed by atoms with Gasteiger partial charge in [0, 0.05) is 0 Å². The fourth-order valence-electron chi connectivity index (χ4n) is 1.00. The van der Waals surface area contributed by atoms with Crippen LogP contribution in [-0.2, 0) is 9.84 Å². The summed E-state index contributed by atoms with van der Waals surface area (Å²) in [6.07, 6.45) is 0.750. The lowest BCUT2D eigenvalue weighted by atomic mass is 10.2. The molecule has 4 heteroatoms. The van der Waals surface area contributed by atoms with E-state index in [0.29, 0.717) is 18.2 Å². The zero-order valence-corrected chi connectivity index (χ0v) is 9.60. The van der Waals surface area contributed by atoms with E-state index >= 15 is 0 Å². The highest BCUT2D eigenvalue weighted by Crippen LogP contribution is 2.06. The summed E-state index contributed by atoms with van der Waals surface area (Å²) >= 11 is 0. The molecule has 0 amide bonds. The fourth-order valence-corrected chi connectivity index (χ4v) is 3.00. The van der Waals surface area contributed by atoms with Gasteiger partial charge in [0.1, 0.15) is 0 Å². The van der Waals surface area contributed by atoms with Crippen molar-refractivity contribution >= 4 is 9.84 Å². The number of hydrogen-bond donors (Lipinski definition) is 1. The van der Waals surface area contributed by atoms with Crippen molar-refractivity contribution in [1.29, 1.82) is 0 Å². The van der Waals surface area contributed by atoms with Crippen LogP contribution in [0.5, 0.6) is 0 Å². The van der Waals surface area contributed by atoms with Gasteiger partial charge >= 0.3 is 0 Å². The zero-order valence-electron chi connectivity index (χ0n) is 8.79. The van der Waals surface area contributed by atoms with Gasteiger partial charge in [0.05, 0.1) is 11.5 Å². The first-order valence-electron chi connectivity index (χ1n) is 4.78. The molecule has 0 aromatic heterocycles. The highest BCUT2D eigenvalue weighted by atomic mass is 32.2. The molecule has 0 fully saturated rings. The molecule has 0 aliphatic heterocycles. The Labute approximate surface area is 81.6 Å². The van der Waals surface area contributed by atoms with Crippen LogP contribution in [0.1, 0.15) is 27.2 Å². The van der Waals surface area contributed by atoms with Crippen molar-refractivity contribution in [3.05, 3.63) is 0 Å². The van der Waals surface area contributed by atoms with Crippen LogP contribution >= 0.6 is 0 Å². The Kier molecular flexibility index (Phi) is 5.56. The smallest absolute Gasteiger partial charge is 0.150 e. The maximum absolute atomic E-state index is 11.4. The Bertz CT molecular complexity index is 222. The summed E-state index contributed by atoms with van der Waals surface area (Å²) in [5, 5.41) is 0. The highest BCUT2D eigenvalue weighted by Gasteiger charge is 2.15. The predicted octanol–water partition coefficient (Wildman–Crippen LogP) is 1.04. The quantitative estimate of drug-likeness (QED) is 0.708. The van der Waals surface area contributed by atoms with E-state index < -0.39 is 9.84 Å². The minimum absolute atomic E-state index is 0.0807. The number of rotatable bonds is 6. The van der Waals surface area contributed by atoms with E-state index in [1.165, 1.54) is 0 Å². The van der Waals surface area contributed by atoms with Gasteiger partial charge in [-0.25, -0.2) is 8.42 Å². The second kappa shape index (κ2) is 5.60. The van der Waals surface area contributed by atoms with Crippen LogP contribution in [0.2, 0.25) is 0 Å². The third kappa shape index (κ3) is 7.02. The van der Waals surface area contributed by atoms with Crippen LogP contribution in [0.3, 0.4) is 0 Å². The largest absolute Gasteiger partial charge is 0.330 e. The molecule has 0 aromatic rings. The van der Waals surface area contributed by atoms with Gasteiger partial charge in [-0.15, -0.1) is 0 Å². The van der Waals surface area contributed by atoms with Crippen molar-refractivity contribution in [1.82, 2.24) is 0 Å². The summed E-state index contributed by atoms with van der Waals surface area (Å²) in [6.45, 7) is 6.37. The minimum Gasteiger partial charge on any atom is -0.330 e. The molecule has 0 saturated carbocycles. The molecule has 13 heavy (non-hydrogen) atoms. The van der Waals surface area contributed by atoms with Gasteiger partial charge in [0.2, 0.25) is 0 Å². The summed E-state index contributed by atoms with van der Waals surface area (Å²) in [5.74, 6) is 1.06. The molecule has 0 saturated heterocycles. The van der Waals surface area contributed by atoms with Crippen molar-refractivity contribution in [2.75, 3.05) is 18.1 Å². The first kappa shape index (κ1) is 12.9. The van der Waals surface area contributed by atoms with Crippen LogP contribution < -0.4 is 5.73 Å². The van der Waals surface area contributed by atoms with Gasteiger partial charge in [-0.1, -0.05) is 20.8 Å². The summed E-state index contributed by atoms with van der Waals surface area (Å²) in [7, 11) is -2.87. The topological polar surface area (TPSA) is 60.2 Å². The zero-order chi connectivity index (χ0) is 10.5. The normalized spacial score (nSPS) is 14.8. The summed E-state index contributed by atoms with van der Waals surface area (Å²) < 4.78 is 22.9. The molecule has 0 aromatic carbocycles. The maximum Gasteiger partial charge on any atom is 0.150 e. The third-order valence-corrected chi connectivity index (χ3v) is 3.88. The Hall–Kier alpha value is -0.0900. The van der Waals surface area contributed by atoms with E-state index in [9.17, 15) is 8.42 Å². The molecule has 0 heterocycles. The number of sulfone groups is 1. The van der Waals surface area contributed by atoms with Crippen molar-refractivity contribution in [2.45, 2.75) is 27.2 Å². The molecule has 0 bridgehead atoms. The molecule has 3 nitrogen and oxygen atoms in total. The van der Waals surface area contributed by atoms with Crippen LogP contribution in [0.4, 0.5) is 0 Å². The van der Waals surface area contributed by atoms with Crippen molar-refractivity contribution in [2.24, 2.45) is 17.6 Å². The molecule has 80 valence electrons. The van der Waals surface area contributed by atoms with Gasteiger partial charge in [-0.3, -0.25) is 0 Å². The first-order valence-corrected chi connectivity index (χ1v) is 6.60. The SMILES string of the molecule is CC(C)CCS(=O)(=O)CC(C)CN. The molecular formula is C9H21NO2S. The lowest BCUT2D eigenvalue weighted by molar-refractivity contribution is 0.557. The van der Waals surface area contributed by atoms with Gasteiger partial charge < -0.3 is 5.73 Å². The molecule has 0 radical (unpaired) electrons. The molecule has 0 aliphatic rings. The van der Waals surface area contributed by atoms with Gasteiger partial charge in [-0.2, -0.15) is 0 Å². The van der Waals surface area contributed by atoms with Crippen molar-refractivity contribution in [3.8, 4) is 0 Å². The molecule has 1 unspecified atom stereocenters. The van der Waals surface area contributed by atoms with E-state index in [2.05, 4.69) is 0 Å².